The first-order chi connectivity index (χ1) is 6.16. The van der Waals surface area contributed by atoms with E-state index in [1.54, 1.807) is 13.8 Å². The van der Waals surface area contributed by atoms with Crippen molar-refractivity contribution >= 4 is 9.84 Å². The van der Waals surface area contributed by atoms with Crippen LogP contribution in [-0.2, 0) is 9.84 Å². The van der Waals surface area contributed by atoms with E-state index >= 15 is 0 Å². The molecule has 2 N–H and O–H groups in total. The smallest absolute Gasteiger partial charge is 0.152 e. The molecule has 3 nitrogen and oxygen atoms in total. The lowest BCUT2D eigenvalue weighted by atomic mass is 10.1. The van der Waals surface area contributed by atoms with Crippen molar-refractivity contribution in [3.05, 3.63) is 0 Å². The average molecular weight is 221 g/mol. The van der Waals surface area contributed by atoms with Crippen LogP contribution >= 0.6 is 0 Å². The van der Waals surface area contributed by atoms with Gasteiger partial charge in [-0.15, -0.1) is 0 Å². The molecule has 0 aromatic heterocycles. The van der Waals surface area contributed by atoms with Crippen LogP contribution in [0.2, 0.25) is 0 Å². The molecule has 0 radical (unpaired) electrons. The minimum atomic E-state index is -2.99. The molecule has 86 valence electrons. The molecule has 14 heavy (non-hydrogen) atoms. The third-order valence-corrected chi connectivity index (χ3v) is 4.17. The molecule has 0 aromatic carbocycles. The maximum atomic E-state index is 11.7. The summed E-state index contributed by atoms with van der Waals surface area (Å²) in [7, 11) is -2.99. The summed E-state index contributed by atoms with van der Waals surface area (Å²) in [4.78, 5) is 0. The maximum absolute atomic E-state index is 11.7. The van der Waals surface area contributed by atoms with Gasteiger partial charge >= 0.3 is 0 Å². The van der Waals surface area contributed by atoms with Gasteiger partial charge in [0.05, 0.1) is 11.5 Å². The summed E-state index contributed by atoms with van der Waals surface area (Å²) >= 11 is 0. The van der Waals surface area contributed by atoms with Crippen LogP contribution in [0.25, 0.3) is 0 Å². The van der Waals surface area contributed by atoms with E-state index in [2.05, 4.69) is 6.92 Å². The monoisotopic (exact) mass is 221 g/mol. The Labute approximate surface area is 88.0 Å². The highest BCUT2D eigenvalue weighted by Crippen LogP contribution is 2.12. The second kappa shape index (κ2) is 5.12. The zero-order chi connectivity index (χ0) is 11.4. The third-order valence-electron chi connectivity index (χ3n) is 1.91. The number of sulfone groups is 1. The molecule has 1 unspecified atom stereocenters. The Morgan fingerprint density at radius 3 is 2.21 bits per heavy atom. The van der Waals surface area contributed by atoms with Crippen molar-refractivity contribution in [3.8, 4) is 0 Å². The molecule has 0 rings (SSSR count). The van der Waals surface area contributed by atoms with Crippen LogP contribution in [-0.4, -0.2) is 25.5 Å². The Kier molecular flexibility index (Phi) is 5.09. The van der Waals surface area contributed by atoms with E-state index in [-0.39, 0.29) is 17.4 Å². The van der Waals surface area contributed by atoms with Crippen LogP contribution in [0, 0.1) is 5.92 Å². The fourth-order valence-corrected chi connectivity index (χ4v) is 3.92. The van der Waals surface area contributed by atoms with Crippen molar-refractivity contribution in [3.63, 3.8) is 0 Å². The topological polar surface area (TPSA) is 60.2 Å². The van der Waals surface area contributed by atoms with Gasteiger partial charge in [-0.2, -0.15) is 0 Å². The predicted octanol–water partition coefficient (Wildman–Crippen LogP) is 1.57. The molecule has 0 aliphatic rings. The van der Waals surface area contributed by atoms with Gasteiger partial charge in [0.1, 0.15) is 0 Å². The highest BCUT2D eigenvalue weighted by molar-refractivity contribution is 7.91. The minimum absolute atomic E-state index is 0.0774. The van der Waals surface area contributed by atoms with E-state index in [1.807, 2.05) is 6.92 Å². The first-order valence-corrected chi connectivity index (χ1v) is 6.98. The van der Waals surface area contributed by atoms with Crippen LogP contribution in [0.15, 0.2) is 0 Å². The van der Waals surface area contributed by atoms with E-state index in [4.69, 9.17) is 5.73 Å². The number of rotatable bonds is 6. The average Bonchev–Trinajstić information content (AvgIpc) is 1.78. The molecule has 0 saturated carbocycles. The Hall–Kier alpha value is -0.0900. The van der Waals surface area contributed by atoms with E-state index in [9.17, 15) is 8.42 Å². The Bertz CT molecular complexity index is 252. The van der Waals surface area contributed by atoms with Crippen LogP contribution < -0.4 is 5.73 Å². The zero-order valence-electron chi connectivity index (χ0n) is 9.71. The molecule has 0 spiro atoms. The molecule has 0 heterocycles. The molecule has 0 aliphatic heterocycles. The molecular formula is C10H23NO2S. The molecular weight excluding hydrogens is 198 g/mol. The Morgan fingerprint density at radius 2 is 1.86 bits per heavy atom. The van der Waals surface area contributed by atoms with Crippen molar-refractivity contribution < 1.29 is 8.42 Å². The standard InChI is InChI=1S/C10H23NO2S/c1-5-6-9(2)7-14(12,13)8-10(3,4)11/h9H,5-8,11H2,1-4H3. The van der Waals surface area contributed by atoms with Gasteiger partial charge in [0, 0.05) is 5.54 Å². The normalized spacial score (nSPS) is 15.5. The molecule has 0 bridgehead atoms. The number of nitrogens with two attached hydrogens (primary N) is 1. The fraction of sp³-hybridized carbons (Fsp3) is 1.00. The second-order valence-corrected chi connectivity index (χ2v) is 7.05. The lowest BCUT2D eigenvalue weighted by molar-refractivity contribution is 0.521. The molecule has 0 aliphatic carbocycles. The summed E-state index contributed by atoms with van der Waals surface area (Å²) in [5.74, 6) is 0.586. The summed E-state index contributed by atoms with van der Waals surface area (Å²) in [6.45, 7) is 7.53. The van der Waals surface area contributed by atoms with Gasteiger partial charge in [-0.25, -0.2) is 8.42 Å². The number of hydrogen-bond donors (Lipinski definition) is 1. The number of hydrogen-bond acceptors (Lipinski definition) is 3. The molecule has 4 heteroatoms. The van der Waals surface area contributed by atoms with Crippen molar-refractivity contribution in [1.82, 2.24) is 0 Å². The van der Waals surface area contributed by atoms with Gasteiger partial charge in [-0.3, -0.25) is 0 Å². The van der Waals surface area contributed by atoms with Gasteiger partial charge in [0.2, 0.25) is 0 Å². The third kappa shape index (κ3) is 7.33. The van der Waals surface area contributed by atoms with Gasteiger partial charge in [-0.05, 0) is 19.8 Å². The first-order valence-electron chi connectivity index (χ1n) is 5.15. The molecule has 0 aromatic rings. The largest absolute Gasteiger partial charge is 0.325 e. The molecule has 0 fully saturated rings. The van der Waals surface area contributed by atoms with Crippen LogP contribution in [0.3, 0.4) is 0 Å². The summed E-state index contributed by atoms with van der Waals surface area (Å²) in [6.07, 6.45) is 1.99. The lowest BCUT2D eigenvalue weighted by Crippen LogP contribution is -2.41. The van der Waals surface area contributed by atoms with Crippen LogP contribution in [0.4, 0.5) is 0 Å². The van der Waals surface area contributed by atoms with Gasteiger partial charge in [-0.1, -0.05) is 26.7 Å². The highest BCUT2D eigenvalue weighted by Gasteiger charge is 2.23. The summed E-state index contributed by atoms with van der Waals surface area (Å²) in [6, 6.07) is 0. The maximum Gasteiger partial charge on any atom is 0.152 e. The predicted molar refractivity (Wildman–Crippen MR) is 61.0 cm³/mol. The van der Waals surface area contributed by atoms with Crippen molar-refractivity contribution in [2.24, 2.45) is 11.7 Å². The summed E-state index contributed by atoms with van der Waals surface area (Å²) < 4.78 is 23.3. The second-order valence-electron chi connectivity index (χ2n) is 4.94. The van der Waals surface area contributed by atoms with Crippen LogP contribution in [0.1, 0.15) is 40.5 Å². The van der Waals surface area contributed by atoms with Gasteiger partial charge in [0.25, 0.3) is 0 Å². The van der Waals surface area contributed by atoms with E-state index in [0.29, 0.717) is 0 Å². The molecule has 1 atom stereocenters. The van der Waals surface area contributed by atoms with E-state index < -0.39 is 15.4 Å². The van der Waals surface area contributed by atoms with Gasteiger partial charge in [0.15, 0.2) is 9.84 Å². The Balaban J connectivity index is 4.22. The van der Waals surface area contributed by atoms with Crippen molar-refractivity contribution in [2.45, 2.75) is 46.1 Å². The summed E-state index contributed by atoms with van der Waals surface area (Å²) in [5.41, 5.74) is 5.07. The van der Waals surface area contributed by atoms with Gasteiger partial charge < -0.3 is 5.73 Å². The van der Waals surface area contributed by atoms with Crippen molar-refractivity contribution in [2.75, 3.05) is 11.5 Å². The SMILES string of the molecule is CCCC(C)CS(=O)(=O)CC(C)(C)N. The quantitative estimate of drug-likeness (QED) is 0.740. The van der Waals surface area contributed by atoms with Crippen molar-refractivity contribution in [1.29, 1.82) is 0 Å². The molecule has 0 saturated heterocycles. The molecule has 0 amide bonds. The zero-order valence-corrected chi connectivity index (χ0v) is 10.5. The van der Waals surface area contributed by atoms with Crippen LogP contribution in [0.5, 0.6) is 0 Å². The Morgan fingerprint density at radius 1 is 1.36 bits per heavy atom. The minimum Gasteiger partial charge on any atom is -0.325 e. The summed E-state index contributed by atoms with van der Waals surface area (Å²) in [5, 5.41) is 0. The lowest BCUT2D eigenvalue weighted by Gasteiger charge is -2.19. The fourth-order valence-electron chi connectivity index (χ4n) is 1.64. The van der Waals surface area contributed by atoms with E-state index in [0.717, 1.165) is 12.8 Å². The first kappa shape index (κ1) is 13.9. The highest BCUT2D eigenvalue weighted by atomic mass is 32.2. The van der Waals surface area contributed by atoms with E-state index in [1.165, 1.54) is 0 Å².